The van der Waals surface area contributed by atoms with Crippen molar-refractivity contribution in [3.05, 3.63) is 58.5 Å². The van der Waals surface area contributed by atoms with E-state index in [0.29, 0.717) is 24.7 Å². The quantitative estimate of drug-likeness (QED) is 0.263. The second-order valence-corrected chi connectivity index (χ2v) is 6.49. The Morgan fingerprint density at radius 3 is 2.60 bits per heavy atom. The molecule has 0 aliphatic carbocycles. The summed E-state index contributed by atoms with van der Waals surface area (Å²) in [4.78, 5) is 21.9. The first-order chi connectivity index (χ1) is 14.7. The molecule has 0 radical (unpaired) electrons. The lowest BCUT2D eigenvalue weighted by atomic mass is 10.3. The van der Waals surface area contributed by atoms with Crippen molar-refractivity contribution in [1.29, 1.82) is 5.26 Å². The summed E-state index contributed by atoms with van der Waals surface area (Å²) in [5, 5.41) is 11.9. The molecule has 160 valence electrons. The van der Waals surface area contributed by atoms with Gasteiger partial charge in [0.25, 0.3) is 0 Å². The van der Waals surface area contributed by atoms with Gasteiger partial charge in [-0.3, -0.25) is 4.79 Å². The van der Waals surface area contributed by atoms with Crippen LogP contribution in [0.1, 0.15) is 45.2 Å². The molecule has 0 amide bonds. The van der Waals surface area contributed by atoms with E-state index in [1.165, 1.54) is 10.8 Å². The van der Waals surface area contributed by atoms with E-state index in [4.69, 9.17) is 19.6 Å². The number of para-hydroxylation sites is 1. The van der Waals surface area contributed by atoms with E-state index >= 15 is 0 Å². The number of hydrogen-bond acceptors (Lipinski definition) is 6. The van der Waals surface area contributed by atoms with Gasteiger partial charge >= 0.3 is 6.02 Å². The number of nitrogens with zero attached hydrogens (tertiary/aromatic N) is 3. The molecule has 1 heterocycles. The molecule has 1 aromatic heterocycles. The first-order valence-electron chi connectivity index (χ1n) is 10.1. The van der Waals surface area contributed by atoms with Gasteiger partial charge in [0, 0.05) is 6.07 Å². The predicted octanol–water partition coefficient (Wildman–Crippen LogP) is 3.26. The van der Waals surface area contributed by atoms with E-state index < -0.39 is 0 Å². The lowest BCUT2D eigenvalue weighted by molar-refractivity contribution is 0.0965. The first-order valence-corrected chi connectivity index (χ1v) is 10.1. The molecule has 8 heteroatoms. The molecule has 2 aromatic rings. The van der Waals surface area contributed by atoms with E-state index in [0.717, 1.165) is 25.7 Å². The van der Waals surface area contributed by atoms with Crippen LogP contribution in [-0.4, -0.2) is 24.0 Å². The van der Waals surface area contributed by atoms with Crippen LogP contribution in [-0.2, 0) is 6.54 Å². The van der Waals surface area contributed by atoms with Crippen molar-refractivity contribution in [3.8, 4) is 17.7 Å². The number of ether oxygens (including phenoxy) is 2. The summed E-state index contributed by atoms with van der Waals surface area (Å²) in [7, 11) is 0. The number of aliphatic imine (C=N–C) groups is 1. The maximum atomic E-state index is 12.4. The second-order valence-electron chi connectivity index (χ2n) is 6.49. The van der Waals surface area contributed by atoms with Crippen LogP contribution in [0.25, 0.3) is 0 Å². The molecule has 0 atom stereocenters. The number of unbranched alkanes of at least 4 members (excludes halogenated alkanes) is 2. The van der Waals surface area contributed by atoms with E-state index in [1.54, 1.807) is 24.5 Å². The third-order valence-electron chi connectivity index (χ3n) is 4.07. The van der Waals surface area contributed by atoms with Crippen LogP contribution in [0.5, 0.6) is 11.5 Å². The summed E-state index contributed by atoms with van der Waals surface area (Å²) in [6.07, 6.45) is 6.98. The van der Waals surface area contributed by atoms with E-state index in [1.807, 2.05) is 18.2 Å². The smallest absolute Gasteiger partial charge is 0.306 e. The second kappa shape index (κ2) is 12.9. The molecular formula is C22H28N4O4. The Hall–Kier alpha value is -3.47. The van der Waals surface area contributed by atoms with E-state index in [2.05, 4.69) is 24.2 Å². The van der Waals surface area contributed by atoms with Crippen LogP contribution in [0, 0.1) is 11.5 Å². The summed E-state index contributed by atoms with van der Waals surface area (Å²) < 4.78 is 12.7. The van der Waals surface area contributed by atoms with Gasteiger partial charge in [-0.2, -0.15) is 9.99 Å². The number of hydrogen-bond donors (Lipinski definition) is 1. The van der Waals surface area contributed by atoms with Crippen molar-refractivity contribution in [1.82, 2.24) is 10.0 Å². The zero-order valence-electron chi connectivity index (χ0n) is 17.5. The number of pyridine rings is 1. The monoisotopic (exact) mass is 412 g/mol. The highest BCUT2D eigenvalue weighted by Crippen LogP contribution is 2.10. The zero-order chi connectivity index (χ0) is 21.6. The van der Waals surface area contributed by atoms with Crippen molar-refractivity contribution < 1.29 is 14.3 Å². The molecular weight excluding hydrogens is 384 g/mol. The fraction of sp³-hybridized carbons (Fsp3) is 0.409. The number of rotatable bonds is 11. The maximum Gasteiger partial charge on any atom is 0.306 e. The number of benzene rings is 1. The fourth-order valence-electron chi connectivity index (χ4n) is 2.44. The van der Waals surface area contributed by atoms with Gasteiger partial charge in [-0.25, -0.2) is 0 Å². The Morgan fingerprint density at radius 2 is 1.90 bits per heavy atom. The van der Waals surface area contributed by atoms with Gasteiger partial charge in [0.2, 0.25) is 11.6 Å². The van der Waals surface area contributed by atoms with Crippen LogP contribution >= 0.6 is 0 Å². The zero-order valence-corrected chi connectivity index (χ0v) is 17.5. The lowest BCUT2D eigenvalue weighted by Gasteiger charge is -2.17. The average molecular weight is 412 g/mol. The lowest BCUT2D eigenvalue weighted by Crippen LogP contribution is -2.31. The van der Waals surface area contributed by atoms with Gasteiger partial charge in [-0.1, -0.05) is 44.9 Å². The minimum absolute atomic E-state index is 0.0273. The summed E-state index contributed by atoms with van der Waals surface area (Å²) in [6.45, 7) is 5.27. The summed E-state index contributed by atoms with van der Waals surface area (Å²) in [6, 6.07) is 10.5. The minimum Gasteiger partial charge on any atom is -0.488 e. The van der Waals surface area contributed by atoms with Gasteiger partial charge in [0.15, 0.2) is 5.75 Å². The fourth-order valence-corrected chi connectivity index (χ4v) is 2.44. The number of amidine groups is 1. The van der Waals surface area contributed by atoms with E-state index in [9.17, 15) is 4.79 Å². The Labute approximate surface area is 176 Å². The molecule has 0 aliphatic rings. The topological polar surface area (TPSA) is 97.9 Å². The van der Waals surface area contributed by atoms with Crippen molar-refractivity contribution in [3.63, 3.8) is 0 Å². The first kappa shape index (κ1) is 22.8. The van der Waals surface area contributed by atoms with Crippen molar-refractivity contribution in [2.45, 2.75) is 46.1 Å². The van der Waals surface area contributed by atoms with Gasteiger partial charge < -0.3 is 19.6 Å². The third kappa shape index (κ3) is 7.51. The third-order valence-corrected chi connectivity index (χ3v) is 4.07. The van der Waals surface area contributed by atoms with E-state index in [-0.39, 0.29) is 23.7 Å². The predicted molar refractivity (Wildman–Crippen MR) is 114 cm³/mol. The van der Waals surface area contributed by atoms with Gasteiger partial charge in [0.05, 0.1) is 25.0 Å². The Balaban J connectivity index is 2.16. The van der Waals surface area contributed by atoms with Crippen molar-refractivity contribution >= 4 is 6.02 Å². The Morgan fingerprint density at radius 1 is 1.17 bits per heavy atom. The standard InChI is InChI=1S/C22H28N4O4/c1-3-5-12-28-21-16-26(29-13-6-4-2)18(14-20(21)27)15-24-22(25-17-23)30-19-10-8-7-9-11-19/h7-11,14,16H,3-6,12-13,15H2,1-2H3,(H,24,25). The van der Waals surface area contributed by atoms with Crippen molar-refractivity contribution in [2.24, 2.45) is 4.99 Å². The molecule has 8 nitrogen and oxygen atoms in total. The molecule has 1 N–H and O–H groups in total. The molecule has 0 aliphatic heterocycles. The molecule has 1 aromatic carbocycles. The number of nitriles is 1. The highest BCUT2D eigenvalue weighted by atomic mass is 16.7. The summed E-state index contributed by atoms with van der Waals surface area (Å²) in [5.41, 5.74) is 0.322. The van der Waals surface area contributed by atoms with Crippen molar-refractivity contribution in [2.75, 3.05) is 13.2 Å². The summed E-state index contributed by atoms with van der Waals surface area (Å²) in [5.74, 6) is 0.783. The van der Waals surface area contributed by atoms with Crippen LogP contribution in [0.15, 0.2) is 52.4 Å². The molecule has 0 saturated carbocycles. The number of aromatic nitrogens is 1. The Kier molecular flexibility index (Phi) is 9.80. The van der Waals surface area contributed by atoms with Crippen LogP contribution < -0.4 is 25.1 Å². The summed E-state index contributed by atoms with van der Waals surface area (Å²) >= 11 is 0. The van der Waals surface area contributed by atoms with Crippen LogP contribution in [0.4, 0.5) is 0 Å². The SMILES string of the molecule is CCCCOc1cn(OCCCC)c(CNC(=NC#N)Oc2ccccc2)cc1=O. The Bertz CT molecular complexity index is 904. The highest BCUT2D eigenvalue weighted by Gasteiger charge is 2.11. The minimum atomic E-state index is -0.235. The average Bonchev–Trinajstić information content (AvgIpc) is 2.75. The van der Waals surface area contributed by atoms with Gasteiger partial charge in [-0.05, 0) is 25.0 Å². The molecule has 0 bridgehead atoms. The molecule has 0 fully saturated rings. The van der Waals surface area contributed by atoms with Gasteiger partial charge in [0.1, 0.15) is 12.4 Å². The number of nitrogens with one attached hydrogen (secondary N) is 1. The molecule has 0 spiro atoms. The molecule has 0 unspecified atom stereocenters. The normalized spacial score (nSPS) is 10.9. The molecule has 30 heavy (non-hydrogen) atoms. The molecule has 0 saturated heterocycles. The van der Waals surface area contributed by atoms with Crippen LogP contribution in [0.2, 0.25) is 0 Å². The molecule has 2 rings (SSSR count). The largest absolute Gasteiger partial charge is 0.488 e. The highest BCUT2D eigenvalue weighted by molar-refractivity contribution is 5.77. The van der Waals surface area contributed by atoms with Crippen LogP contribution in [0.3, 0.4) is 0 Å². The maximum absolute atomic E-state index is 12.4. The van der Waals surface area contributed by atoms with Gasteiger partial charge in [-0.15, -0.1) is 4.99 Å².